The molecule has 0 aromatic rings. The van der Waals surface area contributed by atoms with Gasteiger partial charge in [0.1, 0.15) is 0 Å². The van der Waals surface area contributed by atoms with Crippen molar-refractivity contribution in [2.24, 2.45) is 5.92 Å². The summed E-state index contributed by atoms with van der Waals surface area (Å²) in [6.45, 7) is 0. The highest BCUT2D eigenvalue weighted by Crippen LogP contribution is 2.25. The molecule has 0 aromatic carbocycles. The lowest BCUT2D eigenvalue weighted by atomic mass is 9.86. The molecule has 19 heavy (non-hydrogen) atoms. The van der Waals surface area contributed by atoms with E-state index >= 15 is 0 Å². The van der Waals surface area contributed by atoms with Crippen molar-refractivity contribution in [2.75, 3.05) is 17.5 Å². The number of alkyl halides is 2. The number of aliphatic carboxylic acids is 1. The molecule has 1 fully saturated rings. The number of rotatable bonds is 7. The van der Waals surface area contributed by atoms with Crippen LogP contribution in [0, 0.1) is 5.92 Å². The molecule has 1 aliphatic rings. The molecule has 1 atom stereocenters. The van der Waals surface area contributed by atoms with E-state index in [1.54, 1.807) is 0 Å². The van der Waals surface area contributed by atoms with Crippen LogP contribution in [-0.4, -0.2) is 45.8 Å². The molecule has 4 nitrogen and oxygen atoms in total. The molecule has 1 rings (SSSR count). The Bertz CT molecular complexity index is 309. The SMILES string of the molecule is O=C(O)C1CCC(NC(=O)C(CCl)SCCCl)CC1. The first kappa shape index (κ1) is 16.9. The Morgan fingerprint density at radius 3 is 2.37 bits per heavy atom. The lowest BCUT2D eigenvalue weighted by Gasteiger charge is -2.28. The third-order valence-electron chi connectivity index (χ3n) is 3.25. The lowest BCUT2D eigenvalue weighted by molar-refractivity contribution is -0.142. The largest absolute Gasteiger partial charge is 0.481 e. The molecule has 2 N–H and O–H groups in total. The van der Waals surface area contributed by atoms with E-state index in [1.807, 2.05) is 0 Å². The number of hydrogen-bond donors (Lipinski definition) is 2. The van der Waals surface area contributed by atoms with Crippen molar-refractivity contribution < 1.29 is 14.7 Å². The van der Waals surface area contributed by atoms with Crippen LogP contribution < -0.4 is 5.32 Å². The first-order chi connectivity index (χ1) is 9.08. The summed E-state index contributed by atoms with van der Waals surface area (Å²) in [6.07, 6.45) is 2.69. The van der Waals surface area contributed by atoms with E-state index in [2.05, 4.69) is 5.32 Å². The Hall–Kier alpha value is -0.130. The molecule has 1 amide bonds. The van der Waals surface area contributed by atoms with E-state index in [0.717, 1.165) is 12.8 Å². The highest BCUT2D eigenvalue weighted by atomic mass is 35.5. The summed E-state index contributed by atoms with van der Waals surface area (Å²) in [5.41, 5.74) is 0. The van der Waals surface area contributed by atoms with Crippen molar-refractivity contribution in [3.05, 3.63) is 0 Å². The second-order valence-corrected chi connectivity index (χ2v) is 6.60. The Morgan fingerprint density at radius 1 is 1.26 bits per heavy atom. The minimum atomic E-state index is -0.735. The smallest absolute Gasteiger partial charge is 0.306 e. The van der Waals surface area contributed by atoms with Crippen LogP contribution in [0.5, 0.6) is 0 Å². The van der Waals surface area contributed by atoms with Crippen LogP contribution in [0.4, 0.5) is 0 Å². The van der Waals surface area contributed by atoms with Gasteiger partial charge in [-0.1, -0.05) is 0 Å². The van der Waals surface area contributed by atoms with E-state index < -0.39 is 5.97 Å². The third kappa shape index (κ3) is 5.79. The van der Waals surface area contributed by atoms with E-state index in [0.29, 0.717) is 24.5 Å². The van der Waals surface area contributed by atoms with Crippen LogP contribution in [0.3, 0.4) is 0 Å². The summed E-state index contributed by atoms with van der Waals surface area (Å²) in [6, 6.07) is 0.0745. The van der Waals surface area contributed by atoms with Gasteiger partial charge in [-0.3, -0.25) is 9.59 Å². The highest BCUT2D eigenvalue weighted by Gasteiger charge is 2.28. The fourth-order valence-electron chi connectivity index (χ4n) is 2.16. The first-order valence-electron chi connectivity index (χ1n) is 6.35. The minimum absolute atomic E-state index is 0.0658. The Kier molecular flexibility index (Phi) is 7.95. The Morgan fingerprint density at radius 2 is 1.89 bits per heavy atom. The normalized spacial score (nSPS) is 24.7. The maximum Gasteiger partial charge on any atom is 0.306 e. The van der Waals surface area contributed by atoms with Crippen molar-refractivity contribution >= 4 is 46.8 Å². The second kappa shape index (κ2) is 8.93. The molecule has 7 heteroatoms. The van der Waals surface area contributed by atoms with Gasteiger partial charge in [-0.25, -0.2) is 0 Å². The fraction of sp³-hybridized carbons (Fsp3) is 0.833. The quantitative estimate of drug-likeness (QED) is 0.704. The molecule has 0 aromatic heterocycles. The minimum Gasteiger partial charge on any atom is -0.481 e. The van der Waals surface area contributed by atoms with Gasteiger partial charge in [-0.05, 0) is 25.7 Å². The summed E-state index contributed by atoms with van der Waals surface area (Å²) in [5.74, 6) is 0.387. The van der Waals surface area contributed by atoms with Gasteiger partial charge in [-0.15, -0.1) is 35.0 Å². The summed E-state index contributed by atoms with van der Waals surface area (Å²) < 4.78 is 0. The number of thioether (sulfide) groups is 1. The maximum atomic E-state index is 12.0. The average Bonchev–Trinajstić information content (AvgIpc) is 2.40. The summed E-state index contributed by atoms with van der Waals surface area (Å²) in [7, 11) is 0. The monoisotopic (exact) mass is 327 g/mol. The lowest BCUT2D eigenvalue weighted by Crippen LogP contribution is -2.43. The number of hydrogen-bond acceptors (Lipinski definition) is 3. The fourth-order valence-corrected chi connectivity index (χ4v) is 3.51. The number of carbonyl (C=O) groups is 2. The molecule has 0 bridgehead atoms. The molecular weight excluding hydrogens is 309 g/mol. The predicted octanol–water partition coefficient (Wildman–Crippen LogP) is 2.33. The van der Waals surface area contributed by atoms with Crippen molar-refractivity contribution in [1.29, 1.82) is 0 Å². The van der Waals surface area contributed by atoms with Crippen molar-refractivity contribution in [1.82, 2.24) is 5.32 Å². The first-order valence-corrected chi connectivity index (χ1v) is 8.47. The van der Waals surface area contributed by atoms with Crippen LogP contribution in [0.15, 0.2) is 0 Å². The van der Waals surface area contributed by atoms with Crippen LogP contribution >= 0.6 is 35.0 Å². The van der Waals surface area contributed by atoms with E-state index in [4.69, 9.17) is 28.3 Å². The van der Waals surface area contributed by atoms with Crippen LogP contribution in [0.25, 0.3) is 0 Å². The van der Waals surface area contributed by atoms with Crippen molar-refractivity contribution in [3.8, 4) is 0 Å². The molecule has 1 aliphatic carbocycles. The number of halogens is 2. The Balaban J connectivity index is 2.34. The standard InChI is InChI=1S/C12H19Cl2NO3S/c13-5-6-19-10(7-14)11(16)15-9-3-1-8(2-4-9)12(17)18/h8-10H,1-7H2,(H,15,16)(H,17,18). The predicted molar refractivity (Wildman–Crippen MR) is 79.2 cm³/mol. The highest BCUT2D eigenvalue weighted by molar-refractivity contribution is 8.00. The number of nitrogens with one attached hydrogen (secondary N) is 1. The number of carboxylic acids is 1. The van der Waals surface area contributed by atoms with Crippen LogP contribution in [-0.2, 0) is 9.59 Å². The third-order valence-corrected chi connectivity index (χ3v) is 5.38. The van der Waals surface area contributed by atoms with Gasteiger partial charge < -0.3 is 10.4 Å². The zero-order valence-corrected chi connectivity index (χ0v) is 12.9. The summed E-state index contributed by atoms with van der Waals surface area (Å²) in [4.78, 5) is 22.8. The zero-order chi connectivity index (χ0) is 14.3. The summed E-state index contributed by atoms with van der Waals surface area (Å²) in [5, 5.41) is 11.6. The molecule has 0 spiro atoms. The molecule has 110 valence electrons. The van der Waals surface area contributed by atoms with Crippen molar-refractivity contribution in [3.63, 3.8) is 0 Å². The van der Waals surface area contributed by atoms with E-state index in [9.17, 15) is 9.59 Å². The average molecular weight is 328 g/mol. The molecule has 1 saturated carbocycles. The molecule has 0 aliphatic heterocycles. The second-order valence-electron chi connectivity index (χ2n) is 4.60. The van der Waals surface area contributed by atoms with Gasteiger partial charge in [0.05, 0.1) is 11.2 Å². The molecule has 0 radical (unpaired) electrons. The van der Waals surface area contributed by atoms with Gasteiger partial charge >= 0.3 is 5.97 Å². The molecule has 0 saturated heterocycles. The number of carboxylic acid groups (broad SMARTS) is 1. The van der Waals surface area contributed by atoms with Crippen LogP contribution in [0.1, 0.15) is 25.7 Å². The summed E-state index contributed by atoms with van der Waals surface area (Å²) >= 11 is 12.8. The van der Waals surface area contributed by atoms with Gasteiger partial charge in [-0.2, -0.15) is 0 Å². The zero-order valence-electron chi connectivity index (χ0n) is 10.6. The molecule has 0 heterocycles. The number of carbonyl (C=O) groups excluding carboxylic acids is 1. The van der Waals surface area contributed by atoms with E-state index in [-0.39, 0.29) is 29.0 Å². The molecule has 1 unspecified atom stereocenters. The topological polar surface area (TPSA) is 66.4 Å². The van der Waals surface area contributed by atoms with Gasteiger partial charge in [0.2, 0.25) is 5.91 Å². The Labute approximate surface area is 127 Å². The molecular formula is C12H19Cl2NO3S. The van der Waals surface area contributed by atoms with Gasteiger partial charge in [0.15, 0.2) is 0 Å². The maximum absolute atomic E-state index is 12.0. The van der Waals surface area contributed by atoms with Crippen LogP contribution in [0.2, 0.25) is 0 Å². The van der Waals surface area contributed by atoms with Crippen molar-refractivity contribution in [2.45, 2.75) is 37.0 Å². The van der Waals surface area contributed by atoms with Gasteiger partial charge in [0, 0.05) is 23.6 Å². The number of amides is 1. The van der Waals surface area contributed by atoms with Gasteiger partial charge in [0.25, 0.3) is 0 Å². The van der Waals surface area contributed by atoms with E-state index in [1.165, 1.54) is 11.8 Å².